The van der Waals surface area contributed by atoms with Crippen molar-refractivity contribution in [2.75, 3.05) is 13.1 Å². The average molecular weight is 235 g/mol. The van der Waals surface area contributed by atoms with Gasteiger partial charge in [0.05, 0.1) is 6.04 Å². The van der Waals surface area contributed by atoms with Crippen LogP contribution in [0.4, 0.5) is 4.79 Å². The molecular formula is C10H19ClN2O2. The Balaban J connectivity index is 0.00000112. The van der Waals surface area contributed by atoms with Crippen molar-refractivity contribution < 1.29 is 9.53 Å². The molecule has 0 aromatic rings. The summed E-state index contributed by atoms with van der Waals surface area (Å²) in [6.45, 7) is 7.45. The van der Waals surface area contributed by atoms with Gasteiger partial charge in [-0.25, -0.2) is 4.79 Å². The molecule has 2 unspecified atom stereocenters. The zero-order chi connectivity index (χ0) is 10.3. The zero-order valence-corrected chi connectivity index (χ0v) is 10.3. The number of hydrogen-bond acceptors (Lipinski definition) is 3. The van der Waals surface area contributed by atoms with E-state index in [1.807, 2.05) is 25.7 Å². The molecule has 2 aliphatic heterocycles. The largest absolute Gasteiger partial charge is 0.444 e. The van der Waals surface area contributed by atoms with Crippen molar-refractivity contribution in [3.63, 3.8) is 0 Å². The highest BCUT2D eigenvalue weighted by atomic mass is 35.5. The van der Waals surface area contributed by atoms with Crippen molar-refractivity contribution in [1.82, 2.24) is 10.2 Å². The Kier molecular flexibility index (Phi) is 3.51. The van der Waals surface area contributed by atoms with Crippen LogP contribution in [-0.2, 0) is 4.74 Å². The molecule has 2 fully saturated rings. The molecule has 2 rings (SSSR count). The van der Waals surface area contributed by atoms with Gasteiger partial charge in [-0.05, 0) is 27.2 Å². The third kappa shape index (κ3) is 2.55. The summed E-state index contributed by atoms with van der Waals surface area (Å²) < 4.78 is 5.33. The second-order valence-electron chi connectivity index (χ2n) is 5.04. The number of rotatable bonds is 0. The van der Waals surface area contributed by atoms with Crippen LogP contribution in [0, 0.1) is 0 Å². The molecule has 2 saturated heterocycles. The maximum Gasteiger partial charge on any atom is 0.410 e. The number of likely N-dealkylation sites (tertiary alicyclic amines) is 1. The van der Waals surface area contributed by atoms with Gasteiger partial charge in [0.25, 0.3) is 0 Å². The first-order valence-electron chi connectivity index (χ1n) is 5.20. The van der Waals surface area contributed by atoms with Crippen LogP contribution in [0.2, 0.25) is 0 Å². The minimum atomic E-state index is -0.383. The van der Waals surface area contributed by atoms with Gasteiger partial charge in [0.2, 0.25) is 0 Å². The number of carbonyl (C=O) groups excluding carboxylic acids is 1. The average Bonchev–Trinajstić information content (AvgIpc) is 2.22. The van der Waals surface area contributed by atoms with Crippen LogP contribution in [0.15, 0.2) is 0 Å². The number of ether oxygens (including phenoxy) is 1. The summed E-state index contributed by atoms with van der Waals surface area (Å²) in [4.78, 5) is 13.6. The topological polar surface area (TPSA) is 41.6 Å². The molecule has 5 heteroatoms. The normalized spacial score (nSPS) is 28.9. The Morgan fingerprint density at radius 2 is 2.13 bits per heavy atom. The van der Waals surface area contributed by atoms with Crippen molar-refractivity contribution >= 4 is 18.5 Å². The van der Waals surface area contributed by atoms with E-state index < -0.39 is 0 Å². The first kappa shape index (κ1) is 12.6. The third-order valence-corrected chi connectivity index (χ3v) is 2.76. The minimum absolute atomic E-state index is 0. The van der Waals surface area contributed by atoms with Crippen molar-refractivity contribution in [2.24, 2.45) is 0 Å². The van der Waals surface area contributed by atoms with E-state index in [0.717, 1.165) is 19.5 Å². The van der Waals surface area contributed by atoms with Crippen LogP contribution in [-0.4, -0.2) is 41.8 Å². The fourth-order valence-corrected chi connectivity index (χ4v) is 2.00. The molecule has 88 valence electrons. The predicted octanol–water partition coefficient (Wildman–Crippen LogP) is 1.39. The maximum atomic E-state index is 11.7. The number of hydrogen-bond donors (Lipinski definition) is 1. The highest BCUT2D eigenvalue weighted by molar-refractivity contribution is 5.85. The van der Waals surface area contributed by atoms with Crippen LogP contribution in [0.25, 0.3) is 0 Å². The molecule has 0 aromatic carbocycles. The van der Waals surface area contributed by atoms with E-state index in [0.29, 0.717) is 12.1 Å². The minimum Gasteiger partial charge on any atom is -0.444 e. The summed E-state index contributed by atoms with van der Waals surface area (Å²) >= 11 is 0. The lowest BCUT2D eigenvalue weighted by atomic mass is 10.0. The van der Waals surface area contributed by atoms with Gasteiger partial charge in [-0.3, -0.25) is 0 Å². The lowest BCUT2D eigenvalue weighted by Gasteiger charge is -2.37. The van der Waals surface area contributed by atoms with Crippen LogP contribution < -0.4 is 5.32 Å². The van der Waals surface area contributed by atoms with Gasteiger partial charge in [-0.1, -0.05) is 0 Å². The van der Waals surface area contributed by atoms with Gasteiger partial charge in [-0.15, -0.1) is 12.4 Å². The van der Waals surface area contributed by atoms with Gasteiger partial charge in [0.1, 0.15) is 5.60 Å². The molecule has 0 aromatic heterocycles. The molecule has 1 amide bonds. The van der Waals surface area contributed by atoms with E-state index in [1.54, 1.807) is 0 Å². The lowest BCUT2D eigenvalue weighted by molar-refractivity contribution is 0.0171. The third-order valence-electron chi connectivity index (χ3n) is 2.76. The summed E-state index contributed by atoms with van der Waals surface area (Å²) in [5.41, 5.74) is -0.383. The molecule has 0 bridgehead atoms. The molecule has 2 aliphatic rings. The summed E-state index contributed by atoms with van der Waals surface area (Å²) in [5.74, 6) is 0. The Hall–Kier alpha value is -0.480. The van der Waals surface area contributed by atoms with Crippen LogP contribution >= 0.6 is 12.4 Å². The summed E-state index contributed by atoms with van der Waals surface area (Å²) in [6.07, 6.45) is 0.899. The number of amides is 1. The second-order valence-corrected chi connectivity index (χ2v) is 5.04. The predicted molar refractivity (Wildman–Crippen MR) is 60.4 cm³/mol. The fraction of sp³-hybridized carbons (Fsp3) is 0.900. The standard InChI is InChI=1S/C10H18N2O2.ClH/c1-10(2,3)14-9(13)12-5-4-7-8(12)6-11-7;/h7-8,11H,4-6H2,1-3H3;1H. The van der Waals surface area contributed by atoms with E-state index >= 15 is 0 Å². The second kappa shape index (κ2) is 4.18. The molecular weight excluding hydrogens is 216 g/mol. The van der Waals surface area contributed by atoms with E-state index in [-0.39, 0.29) is 24.1 Å². The Morgan fingerprint density at radius 1 is 1.47 bits per heavy atom. The molecule has 1 N–H and O–H groups in total. The molecule has 4 nitrogen and oxygen atoms in total. The summed E-state index contributed by atoms with van der Waals surface area (Å²) in [7, 11) is 0. The van der Waals surface area contributed by atoms with Crippen molar-refractivity contribution in [1.29, 1.82) is 0 Å². The summed E-state index contributed by atoms with van der Waals surface area (Å²) in [5, 5.41) is 3.31. The van der Waals surface area contributed by atoms with Crippen LogP contribution in [0.3, 0.4) is 0 Å². The quantitative estimate of drug-likeness (QED) is 0.689. The van der Waals surface area contributed by atoms with Gasteiger partial charge >= 0.3 is 6.09 Å². The highest BCUT2D eigenvalue weighted by Gasteiger charge is 2.44. The van der Waals surface area contributed by atoms with E-state index in [2.05, 4.69) is 5.32 Å². The zero-order valence-electron chi connectivity index (χ0n) is 9.45. The van der Waals surface area contributed by atoms with E-state index in [9.17, 15) is 4.79 Å². The van der Waals surface area contributed by atoms with E-state index in [1.165, 1.54) is 0 Å². The Labute approximate surface area is 96.7 Å². The Bertz CT molecular complexity index is 252. The lowest BCUT2D eigenvalue weighted by Crippen LogP contribution is -2.60. The smallest absolute Gasteiger partial charge is 0.410 e. The molecule has 0 aliphatic carbocycles. The van der Waals surface area contributed by atoms with Gasteiger partial charge in [0.15, 0.2) is 0 Å². The van der Waals surface area contributed by atoms with Crippen LogP contribution in [0.5, 0.6) is 0 Å². The molecule has 2 atom stereocenters. The fourth-order valence-electron chi connectivity index (χ4n) is 2.00. The van der Waals surface area contributed by atoms with Crippen molar-refractivity contribution in [3.05, 3.63) is 0 Å². The molecule has 0 spiro atoms. The first-order chi connectivity index (χ1) is 6.47. The Morgan fingerprint density at radius 3 is 2.53 bits per heavy atom. The number of halogens is 1. The van der Waals surface area contributed by atoms with E-state index in [4.69, 9.17) is 4.74 Å². The molecule has 0 saturated carbocycles. The van der Waals surface area contributed by atoms with Gasteiger partial charge in [-0.2, -0.15) is 0 Å². The maximum absolute atomic E-state index is 11.7. The summed E-state index contributed by atoms with van der Waals surface area (Å²) in [6, 6.07) is 0.896. The van der Waals surface area contributed by atoms with Gasteiger partial charge < -0.3 is 15.0 Å². The van der Waals surface area contributed by atoms with Crippen molar-refractivity contribution in [3.8, 4) is 0 Å². The first-order valence-corrected chi connectivity index (χ1v) is 5.20. The number of carbonyl (C=O) groups is 1. The number of nitrogens with one attached hydrogen (secondary N) is 1. The highest BCUT2D eigenvalue weighted by Crippen LogP contribution is 2.25. The molecule has 2 heterocycles. The monoisotopic (exact) mass is 234 g/mol. The molecule has 0 radical (unpaired) electrons. The van der Waals surface area contributed by atoms with Crippen molar-refractivity contribution in [2.45, 2.75) is 44.9 Å². The number of fused-ring (bicyclic) bond motifs is 1. The van der Waals surface area contributed by atoms with Crippen LogP contribution in [0.1, 0.15) is 27.2 Å². The number of nitrogens with zero attached hydrogens (tertiary/aromatic N) is 1. The van der Waals surface area contributed by atoms with Gasteiger partial charge in [0, 0.05) is 19.1 Å². The molecule has 15 heavy (non-hydrogen) atoms. The SMILES string of the molecule is CC(C)(C)OC(=O)N1CCC2NCC21.Cl.